The first-order valence-electron chi connectivity index (χ1n) is 12.2. The van der Waals surface area contributed by atoms with Gasteiger partial charge in [-0.1, -0.05) is 26.0 Å². The van der Waals surface area contributed by atoms with Crippen molar-refractivity contribution in [1.82, 2.24) is 9.47 Å². The number of aryl methyl sites for hydroxylation is 1. The quantitative estimate of drug-likeness (QED) is 0.589. The number of benzene rings is 2. The summed E-state index contributed by atoms with van der Waals surface area (Å²) in [4.78, 5) is 30.8. The zero-order chi connectivity index (χ0) is 23.8. The molecule has 6 nitrogen and oxygen atoms in total. The average molecular weight is 463 g/mol. The van der Waals surface area contributed by atoms with Crippen molar-refractivity contribution in [3.05, 3.63) is 69.8 Å². The van der Waals surface area contributed by atoms with Crippen molar-refractivity contribution in [1.29, 1.82) is 0 Å². The van der Waals surface area contributed by atoms with Crippen LogP contribution in [-0.2, 0) is 6.42 Å². The molecule has 1 N–H and O–H groups in total. The number of hydrogen-bond donors (Lipinski definition) is 1. The van der Waals surface area contributed by atoms with Crippen LogP contribution >= 0.6 is 0 Å². The molecule has 2 fully saturated rings. The smallest absolute Gasteiger partial charge is 0.261 e. The van der Waals surface area contributed by atoms with Crippen LogP contribution in [0.5, 0.6) is 0 Å². The van der Waals surface area contributed by atoms with E-state index in [1.165, 1.54) is 11.6 Å². The zero-order valence-electron chi connectivity index (χ0n) is 19.8. The van der Waals surface area contributed by atoms with Crippen LogP contribution in [0.4, 0.5) is 15.8 Å². The van der Waals surface area contributed by atoms with Crippen LogP contribution in [0, 0.1) is 5.82 Å². The SMILES string of the molecule is CCc1ccc(NC(=O)c2cn(C3CC3)c3cc(N4CCN(CC)CC4)c(F)cc3c2=O)cc1. The normalized spacial score (nSPS) is 16.7. The molecule has 3 aromatic rings. The van der Waals surface area contributed by atoms with E-state index >= 15 is 4.39 Å². The summed E-state index contributed by atoms with van der Waals surface area (Å²) < 4.78 is 17.3. The fraction of sp³-hybridized carbons (Fsp3) is 0.407. The van der Waals surface area contributed by atoms with Crippen LogP contribution in [0.25, 0.3) is 10.9 Å². The summed E-state index contributed by atoms with van der Waals surface area (Å²) in [6, 6.07) is 10.9. The van der Waals surface area contributed by atoms with E-state index in [2.05, 4.69) is 29.0 Å². The van der Waals surface area contributed by atoms with Crippen molar-refractivity contribution >= 4 is 28.2 Å². The molecule has 1 aromatic heterocycles. The highest BCUT2D eigenvalue weighted by molar-refractivity contribution is 6.06. The Kier molecular flexibility index (Phi) is 6.13. The Balaban J connectivity index is 1.51. The van der Waals surface area contributed by atoms with Crippen LogP contribution in [-0.4, -0.2) is 48.1 Å². The van der Waals surface area contributed by atoms with Crippen LogP contribution in [0.2, 0.25) is 0 Å². The highest BCUT2D eigenvalue weighted by atomic mass is 19.1. The highest BCUT2D eigenvalue weighted by Crippen LogP contribution is 2.38. The van der Waals surface area contributed by atoms with E-state index in [4.69, 9.17) is 0 Å². The summed E-state index contributed by atoms with van der Waals surface area (Å²) >= 11 is 0. The number of piperazine rings is 1. The minimum Gasteiger partial charge on any atom is -0.367 e. The molecule has 1 aliphatic heterocycles. The number of amides is 1. The summed E-state index contributed by atoms with van der Waals surface area (Å²) in [6.07, 6.45) is 4.54. The Morgan fingerprint density at radius 2 is 1.76 bits per heavy atom. The summed E-state index contributed by atoms with van der Waals surface area (Å²) in [5, 5.41) is 3.09. The van der Waals surface area contributed by atoms with Gasteiger partial charge in [0.2, 0.25) is 5.43 Å². The van der Waals surface area contributed by atoms with E-state index in [9.17, 15) is 9.59 Å². The van der Waals surface area contributed by atoms with Gasteiger partial charge in [0.05, 0.1) is 11.2 Å². The minimum atomic E-state index is -0.467. The van der Waals surface area contributed by atoms with E-state index in [0.717, 1.165) is 52.0 Å². The van der Waals surface area contributed by atoms with E-state index < -0.39 is 17.2 Å². The molecule has 0 bridgehead atoms. The van der Waals surface area contributed by atoms with Crippen LogP contribution in [0.1, 0.15) is 48.7 Å². The molecule has 0 radical (unpaired) electrons. The number of likely N-dealkylation sites (N-methyl/N-ethyl adjacent to an activating group) is 1. The van der Waals surface area contributed by atoms with Gasteiger partial charge in [0.1, 0.15) is 11.4 Å². The van der Waals surface area contributed by atoms with Crippen molar-refractivity contribution in [3.8, 4) is 0 Å². The second-order valence-electron chi connectivity index (χ2n) is 9.26. The monoisotopic (exact) mass is 462 g/mol. The number of fused-ring (bicyclic) bond motifs is 1. The number of aromatic nitrogens is 1. The number of nitrogens with zero attached hydrogens (tertiary/aromatic N) is 3. The molecule has 2 aromatic carbocycles. The predicted octanol–water partition coefficient (Wildman–Crippen LogP) is 4.43. The molecule has 2 heterocycles. The van der Waals surface area contributed by atoms with Gasteiger partial charge in [-0.05, 0) is 55.6 Å². The van der Waals surface area contributed by atoms with E-state index in [-0.39, 0.29) is 17.0 Å². The number of carbonyl (C=O) groups is 1. The van der Waals surface area contributed by atoms with Gasteiger partial charge >= 0.3 is 0 Å². The van der Waals surface area contributed by atoms with Crippen LogP contribution in [0.3, 0.4) is 0 Å². The molecule has 34 heavy (non-hydrogen) atoms. The van der Waals surface area contributed by atoms with Gasteiger partial charge in [-0.15, -0.1) is 0 Å². The first-order valence-corrected chi connectivity index (χ1v) is 12.2. The van der Waals surface area contributed by atoms with Gasteiger partial charge in [-0.3, -0.25) is 9.59 Å². The number of anilines is 2. The molecular formula is C27H31FN4O2. The van der Waals surface area contributed by atoms with Crippen molar-refractivity contribution in [3.63, 3.8) is 0 Å². The molecule has 0 spiro atoms. The first kappa shape index (κ1) is 22.6. The number of rotatable bonds is 6. The summed E-state index contributed by atoms with van der Waals surface area (Å²) in [6.45, 7) is 8.47. The molecule has 1 saturated carbocycles. The van der Waals surface area contributed by atoms with E-state index in [1.54, 1.807) is 12.3 Å². The predicted molar refractivity (Wildman–Crippen MR) is 135 cm³/mol. The van der Waals surface area contributed by atoms with Gasteiger partial charge in [-0.2, -0.15) is 0 Å². The molecule has 5 rings (SSSR count). The maximum Gasteiger partial charge on any atom is 0.261 e. The van der Waals surface area contributed by atoms with Crippen molar-refractivity contribution in [2.75, 3.05) is 42.9 Å². The standard InChI is InChI=1S/C27H31FN4O2/c1-3-18-5-7-19(8-6-18)29-27(34)22-17-32(20-9-10-20)24-16-25(23(28)15-21(24)26(22)33)31-13-11-30(4-2)12-14-31/h5-8,15-17,20H,3-4,9-14H2,1-2H3,(H,29,34). The maximum absolute atomic E-state index is 15.3. The molecule has 0 atom stereocenters. The van der Waals surface area contributed by atoms with Crippen LogP contribution in [0.15, 0.2) is 47.4 Å². The summed E-state index contributed by atoms with van der Waals surface area (Å²) in [5.74, 6) is -0.879. The van der Waals surface area contributed by atoms with E-state index in [1.807, 2.05) is 28.8 Å². The molecule has 178 valence electrons. The van der Waals surface area contributed by atoms with Gasteiger partial charge in [0, 0.05) is 49.5 Å². The second-order valence-corrected chi connectivity index (χ2v) is 9.26. The van der Waals surface area contributed by atoms with Gasteiger partial charge < -0.3 is 19.7 Å². The van der Waals surface area contributed by atoms with Crippen molar-refractivity contribution in [2.24, 2.45) is 0 Å². The van der Waals surface area contributed by atoms with E-state index in [0.29, 0.717) is 16.9 Å². The van der Waals surface area contributed by atoms with Gasteiger partial charge in [-0.25, -0.2) is 4.39 Å². The molecule has 1 saturated heterocycles. The van der Waals surface area contributed by atoms with Crippen molar-refractivity contribution in [2.45, 2.75) is 39.2 Å². The molecule has 7 heteroatoms. The topological polar surface area (TPSA) is 57.6 Å². The number of carbonyl (C=O) groups excluding carboxylic acids is 1. The van der Waals surface area contributed by atoms with Crippen LogP contribution < -0.4 is 15.6 Å². The Labute approximate surface area is 199 Å². The van der Waals surface area contributed by atoms with Gasteiger partial charge in [0.25, 0.3) is 5.91 Å². The van der Waals surface area contributed by atoms with Gasteiger partial charge in [0.15, 0.2) is 0 Å². The maximum atomic E-state index is 15.3. The lowest BCUT2D eigenvalue weighted by Gasteiger charge is -2.35. The summed E-state index contributed by atoms with van der Waals surface area (Å²) in [7, 11) is 0. The lowest BCUT2D eigenvalue weighted by Crippen LogP contribution is -2.46. The Hall–Kier alpha value is -3.19. The number of nitrogens with one attached hydrogen (secondary N) is 1. The lowest BCUT2D eigenvalue weighted by atomic mass is 10.1. The molecule has 1 amide bonds. The molecular weight excluding hydrogens is 431 g/mol. The first-order chi connectivity index (χ1) is 16.5. The third-order valence-corrected chi connectivity index (χ3v) is 7.07. The largest absolute Gasteiger partial charge is 0.367 e. The molecule has 2 aliphatic rings. The fourth-order valence-electron chi connectivity index (χ4n) is 4.74. The molecule has 0 unspecified atom stereocenters. The Bertz CT molecular complexity index is 1270. The average Bonchev–Trinajstić information content (AvgIpc) is 3.70. The second kappa shape index (κ2) is 9.22. The highest BCUT2D eigenvalue weighted by Gasteiger charge is 2.28. The molecule has 1 aliphatic carbocycles. The zero-order valence-corrected chi connectivity index (χ0v) is 19.8. The third kappa shape index (κ3) is 4.32. The summed E-state index contributed by atoms with van der Waals surface area (Å²) in [5.41, 5.74) is 2.64. The Morgan fingerprint density at radius 1 is 1.06 bits per heavy atom. The lowest BCUT2D eigenvalue weighted by molar-refractivity contribution is 0.102. The third-order valence-electron chi connectivity index (χ3n) is 7.07. The Morgan fingerprint density at radius 3 is 2.38 bits per heavy atom. The fourth-order valence-corrected chi connectivity index (χ4v) is 4.74. The number of halogens is 1. The minimum absolute atomic E-state index is 0.0441. The van der Waals surface area contributed by atoms with Crippen molar-refractivity contribution < 1.29 is 9.18 Å². The number of pyridine rings is 1. The number of hydrogen-bond acceptors (Lipinski definition) is 4.